The van der Waals surface area contributed by atoms with Crippen LogP contribution in [-0.2, 0) is 11.3 Å². The van der Waals surface area contributed by atoms with E-state index in [4.69, 9.17) is 22.1 Å². The van der Waals surface area contributed by atoms with Crippen molar-refractivity contribution in [3.05, 3.63) is 22.7 Å². The first-order valence-electron chi connectivity index (χ1n) is 6.14. The second kappa shape index (κ2) is 5.93. The van der Waals surface area contributed by atoms with Crippen LogP contribution in [0.2, 0.25) is 5.15 Å². The number of nitrogens with two attached hydrogens (primary N) is 1. The molecule has 0 bridgehead atoms. The van der Waals surface area contributed by atoms with Crippen LogP contribution in [0.15, 0.2) is 6.07 Å². The molecule has 2 rings (SSSR count). The molecule has 0 aromatic carbocycles. The summed E-state index contributed by atoms with van der Waals surface area (Å²) in [7, 11) is 0. The van der Waals surface area contributed by atoms with Crippen molar-refractivity contribution >= 4 is 11.6 Å². The van der Waals surface area contributed by atoms with Gasteiger partial charge in [-0.25, -0.2) is 9.97 Å². The molecule has 0 aliphatic carbocycles. The lowest BCUT2D eigenvalue weighted by atomic mass is 10.1. The lowest BCUT2D eigenvalue weighted by Crippen LogP contribution is -2.49. The maximum atomic E-state index is 5.93. The highest BCUT2D eigenvalue weighted by Gasteiger charge is 2.23. The van der Waals surface area contributed by atoms with Gasteiger partial charge in [0.25, 0.3) is 0 Å². The molecule has 1 aromatic heterocycles. The van der Waals surface area contributed by atoms with Crippen molar-refractivity contribution in [2.75, 3.05) is 19.7 Å². The molecule has 5 nitrogen and oxygen atoms in total. The van der Waals surface area contributed by atoms with E-state index >= 15 is 0 Å². The van der Waals surface area contributed by atoms with E-state index in [9.17, 15) is 0 Å². The molecule has 1 saturated heterocycles. The minimum Gasteiger partial charge on any atom is -0.374 e. The Kier molecular flexibility index (Phi) is 4.50. The number of hydrogen-bond donors (Lipinski definition) is 1. The van der Waals surface area contributed by atoms with E-state index < -0.39 is 0 Å². The highest BCUT2D eigenvalue weighted by molar-refractivity contribution is 6.29. The lowest BCUT2D eigenvalue weighted by Gasteiger charge is -2.34. The van der Waals surface area contributed by atoms with E-state index in [-0.39, 0.29) is 12.1 Å². The fraction of sp³-hybridized carbons (Fsp3) is 0.667. The first-order valence-corrected chi connectivity index (χ1v) is 6.52. The van der Waals surface area contributed by atoms with Gasteiger partial charge in [0.05, 0.1) is 19.3 Å². The molecule has 1 fully saturated rings. The number of ether oxygens (including phenoxy) is 1. The largest absolute Gasteiger partial charge is 0.374 e. The van der Waals surface area contributed by atoms with E-state index in [1.54, 1.807) is 6.07 Å². The molecule has 1 aliphatic rings. The van der Waals surface area contributed by atoms with E-state index in [1.165, 1.54) is 0 Å². The highest BCUT2D eigenvalue weighted by atomic mass is 35.5. The Hall–Kier alpha value is -0.750. The average molecular weight is 271 g/mol. The second-order valence-electron chi connectivity index (χ2n) is 4.75. The second-order valence-corrected chi connectivity index (χ2v) is 5.14. The fourth-order valence-corrected chi connectivity index (χ4v) is 2.31. The predicted octanol–water partition coefficient (Wildman–Crippen LogP) is 0.986. The Morgan fingerprint density at radius 3 is 3.06 bits per heavy atom. The zero-order valence-corrected chi connectivity index (χ0v) is 11.5. The number of nitrogens with zero attached hydrogens (tertiary/aromatic N) is 3. The molecule has 100 valence electrons. The summed E-state index contributed by atoms with van der Waals surface area (Å²) in [5.74, 6) is 0.755. The predicted molar refractivity (Wildman–Crippen MR) is 70.4 cm³/mol. The van der Waals surface area contributed by atoms with Crippen LogP contribution in [0.25, 0.3) is 0 Å². The van der Waals surface area contributed by atoms with Crippen LogP contribution in [0.4, 0.5) is 0 Å². The van der Waals surface area contributed by atoms with Gasteiger partial charge in [0.15, 0.2) is 0 Å². The Balaban J connectivity index is 2.00. The lowest BCUT2D eigenvalue weighted by molar-refractivity contribution is -0.0410. The minimum atomic E-state index is 0.0369. The number of rotatable bonds is 3. The Morgan fingerprint density at radius 1 is 1.61 bits per heavy atom. The van der Waals surface area contributed by atoms with Crippen molar-refractivity contribution in [3.63, 3.8) is 0 Å². The van der Waals surface area contributed by atoms with E-state index in [0.717, 1.165) is 24.6 Å². The van der Waals surface area contributed by atoms with Gasteiger partial charge in [0, 0.05) is 24.8 Å². The summed E-state index contributed by atoms with van der Waals surface area (Å²) in [5, 5.41) is 0.495. The Morgan fingerprint density at radius 2 is 2.39 bits per heavy atom. The zero-order valence-electron chi connectivity index (χ0n) is 10.8. The van der Waals surface area contributed by atoms with Gasteiger partial charge in [-0.1, -0.05) is 11.6 Å². The first kappa shape index (κ1) is 13.7. The summed E-state index contributed by atoms with van der Waals surface area (Å²) >= 11 is 5.93. The number of aryl methyl sites for hydroxylation is 1. The van der Waals surface area contributed by atoms with E-state index in [2.05, 4.69) is 14.9 Å². The molecule has 2 heterocycles. The van der Waals surface area contributed by atoms with Crippen LogP contribution in [0, 0.1) is 6.92 Å². The normalized spacial score (nSPS) is 23.0. The number of aromatic nitrogens is 2. The first-order chi connectivity index (χ1) is 8.54. The minimum absolute atomic E-state index is 0.0369. The van der Waals surface area contributed by atoms with E-state index in [1.807, 2.05) is 13.8 Å². The third kappa shape index (κ3) is 3.62. The Labute approximate surface area is 112 Å². The fourth-order valence-electron chi connectivity index (χ4n) is 2.05. The van der Waals surface area contributed by atoms with Gasteiger partial charge in [-0.15, -0.1) is 0 Å². The summed E-state index contributed by atoms with van der Waals surface area (Å²) in [5.41, 5.74) is 6.76. The van der Waals surface area contributed by atoms with Crippen molar-refractivity contribution in [1.29, 1.82) is 0 Å². The monoisotopic (exact) mass is 270 g/mol. The molecule has 0 saturated carbocycles. The molecule has 1 aromatic rings. The van der Waals surface area contributed by atoms with Gasteiger partial charge < -0.3 is 10.5 Å². The van der Waals surface area contributed by atoms with Crippen LogP contribution < -0.4 is 5.73 Å². The topological polar surface area (TPSA) is 64.3 Å². The maximum absolute atomic E-state index is 5.93. The third-order valence-corrected chi connectivity index (χ3v) is 3.19. The van der Waals surface area contributed by atoms with Crippen LogP contribution in [0.3, 0.4) is 0 Å². The Bertz CT molecular complexity index is 393. The third-order valence-electron chi connectivity index (χ3n) is 3.00. The smallest absolute Gasteiger partial charge is 0.144 e. The van der Waals surface area contributed by atoms with Gasteiger partial charge in [-0.3, -0.25) is 4.90 Å². The molecule has 2 unspecified atom stereocenters. The van der Waals surface area contributed by atoms with Crippen LogP contribution in [-0.4, -0.2) is 46.7 Å². The van der Waals surface area contributed by atoms with Gasteiger partial charge in [0.2, 0.25) is 0 Å². The summed E-state index contributed by atoms with van der Waals surface area (Å²) in [6.07, 6.45) is 0.0824. The molecule has 18 heavy (non-hydrogen) atoms. The molecular weight excluding hydrogens is 252 g/mol. The average Bonchev–Trinajstić information content (AvgIpc) is 2.27. The number of halogens is 1. The molecule has 0 spiro atoms. The van der Waals surface area contributed by atoms with Gasteiger partial charge in [-0.2, -0.15) is 0 Å². The zero-order chi connectivity index (χ0) is 13.1. The summed E-state index contributed by atoms with van der Waals surface area (Å²) < 4.78 is 5.62. The SMILES string of the molecule is Cc1cc(Cl)nc(CN2CCOC(C(C)N)C2)n1. The highest BCUT2D eigenvalue weighted by Crippen LogP contribution is 2.12. The maximum Gasteiger partial charge on any atom is 0.144 e. The summed E-state index contributed by atoms with van der Waals surface area (Å²) in [6.45, 7) is 6.96. The molecule has 6 heteroatoms. The summed E-state index contributed by atoms with van der Waals surface area (Å²) in [4.78, 5) is 10.9. The molecule has 0 amide bonds. The van der Waals surface area contributed by atoms with Crippen LogP contribution in [0.1, 0.15) is 18.4 Å². The van der Waals surface area contributed by atoms with Crippen molar-refractivity contribution in [1.82, 2.24) is 14.9 Å². The molecule has 2 N–H and O–H groups in total. The van der Waals surface area contributed by atoms with Gasteiger partial charge >= 0.3 is 0 Å². The van der Waals surface area contributed by atoms with E-state index in [0.29, 0.717) is 18.3 Å². The van der Waals surface area contributed by atoms with Crippen molar-refractivity contribution in [2.24, 2.45) is 5.73 Å². The standard InChI is InChI=1S/C12H19ClN4O/c1-8-5-11(13)16-12(15-8)7-17-3-4-18-10(6-17)9(2)14/h5,9-10H,3-4,6-7,14H2,1-2H3. The number of hydrogen-bond acceptors (Lipinski definition) is 5. The molecule has 1 aliphatic heterocycles. The van der Waals surface area contributed by atoms with Crippen LogP contribution in [0.5, 0.6) is 0 Å². The van der Waals surface area contributed by atoms with Crippen molar-refractivity contribution < 1.29 is 4.74 Å². The quantitative estimate of drug-likeness (QED) is 0.830. The van der Waals surface area contributed by atoms with Crippen molar-refractivity contribution in [2.45, 2.75) is 32.5 Å². The number of morpholine rings is 1. The molecular formula is C12H19ClN4O. The molecule has 0 radical (unpaired) electrons. The van der Waals surface area contributed by atoms with Crippen molar-refractivity contribution in [3.8, 4) is 0 Å². The van der Waals surface area contributed by atoms with Gasteiger partial charge in [-0.05, 0) is 19.9 Å². The summed E-state index contributed by atoms with van der Waals surface area (Å²) in [6, 6.07) is 1.80. The molecule has 2 atom stereocenters. The van der Waals surface area contributed by atoms with Gasteiger partial charge in [0.1, 0.15) is 11.0 Å². The van der Waals surface area contributed by atoms with Crippen LogP contribution >= 0.6 is 11.6 Å².